The monoisotopic (exact) mass is 423 g/mol. The fraction of sp³-hybridized carbons (Fsp3) is 0.222. The minimum atomic E-state index is -0.716. The van der Waals surface area contributed by atoms with Crippen LogP contribution in [0, 0.1) is 0 Å². The van der Waals surface area contributed by atoms with E-state index in [0.29, 0.717) is 17.2 Å². The van der Waals surface area contributed by atoms with Gasteiger partial charge in [-0.15, -0.1) is 0 Å². The molecule has 0 aliphatic carbocycles. The summed E-state index contributed by atoms with van der Waals surface area (Å²) in [4.78, 5) is 24.3. The first kappa shape index (κ1) is 19.6. The number of nitrogens with one attached hydrogen (secondary N) is 1. The number of amides is 1. The maximum Gasteiger partial charge on any atom is 0.342 e. The Morgan fingerprint density at radius 1 is 0.962 bits per heavy atom. The predicted octanol–water partition coefficient (Wildman–Crippen LogP) is 3.27. The molecule has 26 heavy (non-hydrogen) atoms. The third-order valence-electron chi connectivity index (χ3n) is 3.37. The molecule has 7 nitrogen and oxygen atoms in total. The summed E-state index contributed by atoms with van der Waals surface area (Å²) in [6, 6.07) is 10.0. The number of carbonyl (C=O) groups is 2. The summed E-state index contributed by atoms with van der Waals surface area (Å²) >= 11 is 3.31. The average Bonchev–Trinajstić information content (AvgIpc) is 2.64. The highest BCUT2D eigenvalue weighted by atomic mass is 79.9. The lowest BCUT2D eigenvalue weighted by Crippen LogP contribution is -2.21. The van der Waals surface area contributed by atoms with E-state index in [4.69, 9.17) is 18.9 Å². The largest absolute Gasteiger partial charge is 0.496 e. The molecule has 0 bridgehead atoms. The van der Waals surface area contributed by atoms with E-state index >= 15 is 0 Å². The van der Waals surface area contributed by atoms with Crippen molar-refractivity contribution in [2.24, 2.45) is 0 Å². The van der Waals surface area contributed by atoms with Gasteiger partial charge in [-0.2, -0.15) is 0 Å². The Morgan fingerprint density at radius 2 is 1.62 bits per heavy atom. The Kier molecular flexibility index (Phi) is 6.85. The van der Waals surface area contributed by atoms with Gasteiger partial charge in [0.05, 0.1) is 21.3 Å². The van der Waals surface area contributed by atoms with Crippen molar-refractivity contribution in [1.82, 2.24) is 0 Å². The molecule has 0 aliphatic rings. The van der Waals surface area contributed by atoms with Crippen molar-refractivity contribution in [1.29, 1.82) is 0 Å². The lowest BCUT2D eigenvalue weighted by Gasteiger charge is -2.13. The van der Waals surface area contributed by atoms with Crippen LogP contribution in [0.1, 0.15) is 10.4 Å². The zero-order valence-electron chi connectivity index (χ0n) is 14.5. The lowest BCUT2D eigenvalue weighted by atomic mass is 10.1. The van der Waals surface area contributed by atoms with Crippen molar-refractivity contribution in [2.45, 2.75) is 0 Å². The molecule has 0 fully saturated rings. The van der Waals surface area contributed by atoms with E-state index in [-0.39, 0.29) is 11.3 Å². The summed E-state index contributed by atoms with van der Waals surface area (Å²) in [5.41, 5.74) is 0.713. The Morgan fingerprint density at radius 3 is 2.23 bits per heavy atom. The second-order valence-electron chi connectivity index (χ2n) is 5.04. The first-order valence-corrected chi connectivity index (χ1v) is 8.30. The summed E-state index contributed by atoms with van der Waals surface area (Å²) in [6.07, 6.45) is 0. The van der Waals surface area contributed by atoms with Crippen LogP contribution in [0.5, 0.6) is 17.2 Å². The standard InChI is InChI=1S/C18H18BrNO6/c1-23-14-9-16(25-3)15(24-2)8-13(14)18(22)26-10-17(21)20-12-6-4-5-11(19)7-12/h4-9H,10H2,1-3H3,(H,20,21). The fourth-order valence-corrected chi connectivity index (χ4v) is 2.56. The number of hydrogen-bond donors (Lipinski definition) is 1. The van der Waals surface area contributed by atoms with E-state index in [0.717, 1.165) is 4.47 Å². The van der Waals surface area contributed by atoms with Crippen molar-refractivity contribution >= 4 is 33.5 Å². The van der Waals surface area contributed by atoms with Gasteiger partial charge in [0, 0.05) is 22.3 Å². The average molecular weight is 424 g/mol. The first-order valence-electron chi connectivity index (χ1n) is 7.51. The molecule has 0 saturated carbocycles. The van der Waals surface area contributed by atoms with Gasteiger partial charge >= 0.3 is 5.97 Å². The van der Waals surface area contributed by atoms with E-state index < -0.39 is 18.5 Å². The maximum atomic E-state index is 12.3. The Bertz CT molecular complexity index is 808. The zero-order chi connectivity index (χ0) is 19.1. The molecule has 2 aromatic carbocycles. The number of methoxy groups -OCH3 is 3. The van der Waals surface area contributed by atoms with E-state index in [9.17, 15) is 9.59 Å². The summed E-state index contributed by atoms with van der Waals surface area (Å²) in [6.45, 7) is -0.442. The molecular weight excluding hydrogens is 406 g/mol. The van der Waals surface area contributed by atoms with Crippen molar-refractivity contribution in [2.75, 3.05) is 33.3 Å². The van der Waals surface area contributed by atoms with E-state index in [1.54, 1.807) is 18.2 Å². The van der Waals surface area contributed by atoms with Crippen LogP contribution in [0.4, 0.5) is 5.69 Å². The predicted molar refractivity (Wildman–Crippen MR) is 99.2 cm³/mol. The quantitative estimate of drug-likeness (QED) is 0.688. The van der Waals surface area contributed by atoms with Crippen molar-refractivity contribution in [3.63, 3.8) is 0 Å². The molecule has 0 atom stereocenters. The fourth-order valence-electron chi connectivity index (χ4n) is 2.16. The molecule has 0 aromatic heterocycles. The molecule has 2 aromatic rings. The number of rotatable bonds is 7. The minimum Gasteiger partial charge on any atom is -0.496 e. The summed E-state index contributed by atoms with van der Waals surface area (Å²) in [7, 11) is 4.34. The molecule has 0 saturated heterocycles. The van der Waals surface area contributed by atoms with Crippen LogP contribution in [0.15, 0.2) is 40.9 Å². The van der Waals surface area contributed by atoms with Crippen LogP contribution in [0.25, 0.3) is 0 Å². The molecule has 8 heteroatoms. The summed E-state index contributed by atoms with van der Waals surface area (Å²) < 4.78 is 21.4. The van der Waals surface area contributed by atoms with Gasteiger partial charge in [0.25, 0.3) is 5.91 Å². The molecule has 0 unspecified atom stereocenters. The van der Waals surface area contributed by atoms with Gasteiger partial charge in [-0.3, -0.25) is 4.79 Å². The second kappa shape index (κ2) is 9.10. The summed E-state index contributed by atoms with van der Waals surface area (Å²) in [5, 5.41) is 2.64. The minimum absolute atomic E-state index is 0.125. The number of carbonyl (C=O) groups excluding carboxylic acids is 2. The van der Waals surface area contributed by atoms with Gasteiger partial charge in [-0.05, 0) is 18.2 Å². The highest BCUT2D eigenvalue weighted by Gasteiger charge is 2.20. The number of anilines is 1. The highest BCUT2D eigenvalue weighted by molar-refractivity contribution is 9.10. The van der Waals surface area contributed by atoms with Crippen LogP contribution in [0.2, 0.25) is 0 Å². The number of ether oxygens (including phenoxy) is 4. The lowest BCUT2D eigenvalue weighted by molar-refractivity contribution is -0.119. The number of benzene rings is 2. The van der Waals surface area contributed by atoms with E-state index in [2.05, 4.69) is 21.2 Å². The number of halogens is 1. The zero-order valence-corrected chi connectivity index (χ0v) is 16.1. The second-order valence-corrected chi connectivity index (χ2v) is 5.96. The first-order chi connectivity index (χ1) is 12.5. The molecule has 1 amide bonds. The molecule has 0 radical (unpaired) electrons. The maximum absolute atomic E-state index is 12.3. The van der Waals surface area contributed by atoms with Gasteiger partial charge in [0.2, 0.25) is 0 Å². The van der Waals surface area contributed by atoms with Crippen molar-refractivity contribution < 1.29 is 28.5 Å². The van der Waals surface area contributed by atoms with Crippen LogP contribution in [-0.2, 0) is 9.53 Å². The van der Waals surface area contributed by atoms with Crippen molar-refractivity contribution in [3.8, 4) is 17.2 Å². The summed E-state index contributed by atoms with van der Waals surface area (Å²) in [5.74, 6) is -0.171. The van der Waals surface area contributed by atoms with Crippen LogP contribution >= 0.6 is 15.9 Å². The SMILES string of the molecule is COc1cc(OC)c(C(=O)OCC(=O)Nc2cccc(Br)c2)cc1OC. The van der Waals surface area contributed by atoms with Gasteiger partial charge in [0.1, 0.15) is 11.3 Å². The molecular formula is C18H18BrNO6. The highest BCUT2D eigenvalue weighted by Crippen LogP contribution is 2.34. The molecule has 0 aliphatic heterocycles. The Hall–Kier alpha value is -2.74. The van der Waals surface area contributed by atoms with Crippen LogP contribution in [-0.4, -0.2) is 39.8 Å². The third kappa shape index (κ3) is 4.89. The van der Waals surface area contributed by atoms with Gasteiger partial charge in [0.15, 0.2) is 18.1 Å². The smallest absolute Gasteiger partial charge is 0.342 e. The third-order valence-corrected chi connectivity index (χ3v) is 3.86. The van der Waals surface area contributed by atoms with Gasteiger partial charge in [-0.1, -0.05) is 22.0 Å². The molecule has 0 heterocycles. The van der Waals surface area contributed by atoms with Crippen LogP contribution < -0.4 is 19.5 Å². The Balaban J connectivity index is 2.06. The topological polar surface area (TPSA) is 83.1 Å². The number of esters is 1. The van der Waals surface area contributed by atoms with E-state index in [1.807, 2.05) is 6.07 Å². The molecule has 2 rings (SSSR count). The number of hydrogen-bond acceptors (Lipinski definition) is 6. The Labute approximate surface area is 159 Å². The van der Waals surface area contributed by atoms with Crippen LogP contribution in [0.3, 0.4) is 0 Å². The van der Waals surface area contributed by atoms with Gasteiger partial charge < -0.3 is 24.3 Å². The molecule has 0 spiro atoms. The normalized spacial score (nSPS) is 10.0. The van der Waals surface area contributed by atoms with E-state index in [1.165, 1.54) is 33.5 Å². The van der Waals surface area contributed by atoms with Gasteiger partial charge in [-0.25, -0.2) is 4.79 Å². The van der Waals surface area contributed by atoms with Crippen molar-refractivity contribution in [3.05, 3.63) is 46.4 Å². The molecule has 1 N–H and O–H groups in total. The molecule has 138 valence electrons.